The van der Waals surface area contributed by atoms with Gasteiger partial charge in [-0.15, -0.1) is 0 Å². The number of benzene rings is 1. The van der Waals surface area contributed by atoms with Crippen molar-refractivity contribution in [3.05, 3.63) is 64.8 Å². The lowest BCUT2D eigenvalue weighted by atomic mass is 9.95. The second-order valence-corrected chi connectivity index (χ2v) is 9.52. The molecule has 36 heavy (non-hydrogen) atoms. The van der Waals surface area contributed by atoms with Crippen LogP contribution >= 0.6 is 0 Å². The average Bonchev–Trinajstić information content (AvgIpc) is 3.21. The highest BCUT2D eigenvalue weighted by Crippen LogP contribution is 2.41. The molecule has 0 fully saturated rings. The van der Waals surface area contributed by atoms with Gasteiger partial charge >= 0.3 is 11.9 Å². The summed E-state index contributed by atoms with van der Waals surface area (Å²) in [5, 5.41) is 0. The fraction of sp³-hybridized carbons (Fsp3) is 0.414. The minimum absolute atomic E-state index is 0.114. The molecule has 3 heterocycles. The average molecular weight is 491 g/mol. The number of carbonyl (C=O) groups is 3. The summed E-state index contributed by atoms with van der Waals surface area (Å²) in [6.07, 6.45) is 3.16. The first-order valence-corrected chi connectivity index (χ1v) is 12.8. The normalized spacial score (nSPS) is 14.2. The molecule has 0 radical (unpaired) electrons. The number of ether oxygens (including phenoxy) is 2. The van der Waals surface area contributed by atoms with Crippen molar-refractivity contribution in [3.63, 3.8) is 0 Å². The van der Waals surface area contributed by atoms with Gasteiger partial charge in [-0.1, -0.05) is 65.0 Å². The Morgan fingerprint density at radius 1 is 0.917 bits per heavy atom. The molecule has 0 saturated carbocycles. The first kappa shape index (κ1) is 25.6. The van der Waals surface area contributed by atoms with Crippen molar-refractivity contribution in [3.8, 4) is 11.6 Å². The summed E-state index contributed by atoms with van der Waals surface area (Å²) >= 11 is 0. The van der Waals surface area contributed by atoms with Crippen molar-refractivity contribution in [2.24, 2.45) is 0 Å². The van der Waals surface area contributed by atoms with Gasteiger partial charge in [-0.25, -0.2) is 9.59 Å². The molecule has 0 aliphatic carbocycles. The number of aromatic nitrogens is 1. The predicted octanol–water partition coefficient (Wildman–Crippen LogP) is 5.69. The minimum atomic E-state index is -1.12. The lowest BCUT2D eigenvalue weighted by molar-refractivity contribution is -0.156. The quantitative estimate of drug-likeness (QED) is 0.206. The molecule has 190 valence electrons. The van der Waals surface area contributed by atoms with E-state index >= 15 is 0 Å². The van der Waals surface area contributed by atoms with Crippen molar-refractivity contribution < 1.29 is 23.9 Å². The number of esters is 2. The van der Waals surface area contributed by atoms with Gasteiger partial charge < -0.3 is 9.47 Å². The molecule has 0 amide bonds. The van der Waals surface area contributed by atoms with Crippen LogP contribution in [-0.4, -0.2) is 40.1 Å². The van der Waals surface area contributed by atoms with Crippen LogP contribution in [0.4, 0.5) is 0 Å². The van der Waals surface area contributed by atoms with E-state index in [9.17, 15) is 14.4 Å². The molecule has 1 unspecified atom stereocenters. The van der Waals surface area contributed by atoms with E-state index in [2.05, 4.69) is 25.7 Å². The smallest absolute Gasteiger partial charge is 0.415 e. The number of ketones is 1. The highest BCUT2D eigenvalue weighted by Gasteiger charge is 2.34. The van der Waals surface area contributed by atoms with Crippen molar-refractivity contribution >= 4 is 23.2 Å². The van der Waals surface area contributed by atoms with E-state index in [1.54, 1.807) is 22.6 Å². The van der Waals surface area contributed by atoms with Gasteiger partial charge in [0.15, 0.2) is 5.75 Å². The molecule has 0 saturated heterocycles. The number of carbonyl (C=O) groups excluding carboxylic acids is 3. The summed E-state index contributed by atoms with van der Waals surface area (Å²) in [6, 6.07) is 13.1. The Bertz CT molecular complexity index is 1280. The van der Waals surface area contributed by atoms with Crippen LogP contribution in [0, 0.1) is 0 Å². The van der Waals surface area contributed by atoms with Gasteiger partial charge in [0.1, 0.15) is 5.69 Å². The maximum absolute atomic E-state index is 13.9. The van der Waals surface area contributed by atoms with Gasteiger partial charge in [0.05, 0.1) is 5.52 Å². The third-order valence-corrected chi connectivity index (χ3v) is 6.67. The van der Waals surface area contributed by atoms with Crippen molar-refractivity contribution in [2.45, 2.75) is 65.8 Å². The van der Waals surface area contributed by atoms with Gasteiger partial charge in [0.2, 0.25) is 11.7 Å². The fourth-order valence-electron chi connectivity index (χ4n) is 5.18. The Morgan fingerprint density at radius 2 is 1.56 bits per heavy atom. The highest BCUT2D eigenvalue weighted by atomic mass is 16.6. The predicted molar refractivity (Wildman–Crippen MR) is 138 cm³/mol. The zero-order valence-corrected chi connectivity index (χ0v) is 21.7. The van der Waals surface area contributed by atoms with Gasteiger partial charge in [0.25, 0.3) is 0 Å². The molecule has 1 aliphatic heterocycles. The van der Waals surface area contributed by atoms with Crippen molar-refractivity contribution in [1.29, 1.82) is 0 Å². The Hall–Kier alpha value is -3.45. The van der Waals surface area contributed by atoms with Crippen LogP contribution in [0.25, 0.3) is 5.52 Å². The van der Waals surface area contributed by atoms with E-state index in [-0.39, 0.29) is 23.3 Å². The van der Waals surface area contributed by atoms with Gasteiger partial charge in [-0.3, -0.25) is 14.1 Å². The molecule has 3 aromatic rings. The monoisotopic (exact) mass is 490 g/mol. The number of nitrogens with zero attached hydrogens (tertiary/aromatic N) is 2. The first-order chi connectivity index (χ1) is 17.3. The Labute approximate surface area is 212 Å². The van der Waals surface area contributed by atoms with Crippen molar-refractivity contribution in [1.82, 2.24) is 9.30 Å². The lowest BCUT2D eigenvalue weighted by Gasteiger charge is -2.31. The van der Waals surface area contributed by atoms with E-state index in [0.717, 1.165) is 32.4 Å². The second-order valence-electron chi connectivity index (χ2n) is 9.52. The van der Waals surface area contributed by atoms with Crippen molar-refractivity contribution in [2.75, 3.05) is 13.1 Å². The summed E-state index contributed by atoms with van der Waals surface area (Å²) in [5.74, 6) is -2.24. The summed E-state index contributed by atoms with van der Waals surface area (Å²) in [6.45, 7) is 12.5. The molecular formula is C29H34N2O5. The summed E-state index contributed by atoms with van der Waals surface area (Å²) < 4.78 is 12.3. The van der Waals surface area contributed by atoms with Crippen LogP contribution in [0.15, 0.2) is 42.5 Å². The van der Waals surface area contributed by atoms with Crippen LogP contribution in [0.5, 0.6) is 11.6 Å². The molecule has 7 heteroatoms. The van der Waals surface area contributed by atoms with Crippen LogP contribution in [0.1, 0.15) is 93.0 Å². The molecule has 2 aromatic heterocycles. The van der Waals surface area contributed by atoms with E-state index in [0.29, 0.717) is 28.4 Å². The van der Waals surface area contributed by atoms with Crippen LogP contribution in [-0.2, 0) is 9.59 Å². The highest BCUT2D eigenvalue weighted by molar-refractivity contribution is 6.31. The topological polar surface area (TPSA) is 77.3 Å². The molecule has 1 aromatic carbocycles. The summed E-state index contributed by atoms with van der Waals surface area (Å²) in [7, 11) is 0. The van der Waals surface area contributed by atoms with Crippen LogP contribution in [0.2, 0.25) is 0 Å². The maximum Gasteiger partial charge on any atom is 0.424 e. The summed E-state index contributed by atoms with van der Waals surface area (Å²) in [4.78, 5) is 40.9. The van der Waals surface area contributed by atoms with Gasteiger partial charge in [0, 0.05) is 17.2 Å². The van der Waals surface area contributed by atoms with E-state index in [1.807, 2.05) is 38.1 Å². The SMILES string of the molecule is CCCN(CCC)C(CC)c1ccc(C(=O)c2c(C(C)C)c3c4cccc(n24)OC(=O)C(=O)O3)cc1. The molecule has 0 spiro atoms. The molecule has 0 N–H and O–H groups in total. The van der Waals surface area contributed by atoms with E-state index < -0.39 is 11.9 Å². The number of hydrogen-bond donors (Lipinski definition) is 0. The second kappa shape index (κ2) is 10.7. The Kier molecular flexibility index (Phi) is 7.59. The third kappa shape index (κ3) is 4.55. The standard InChI is InChI=1S/C29H34N2O5/c1-6-16-30(17-7-2)21(8-3)19-12-14-20(15-13-19)26(32)25-24(18(4)5)27-22-10-9-11-23(31(22)25)35-28(33)29(34)36-27/h9-15,18,21H,6-8,16-17H2,1-5H3. The van der Waals surface area contributed by atoms with Crippen LogP contribution < -0.4 is 9.47 Å². The van der Waals surface area contributed by atoms with Crippen LogP contribution in [0.3, 0.4) is 0 Å². The Morgan fingerprint density at radius 3 is 2.14 bits per heavy atom. The molecule has 1 atom stereocenters. The lowest BCUT2D eigenvalue weighted by Crippen LogP contribution is -2.30. The largest absolute Gasteiger partial charge is 0.424 e. The molecular weight excluding hydrogens is 456 g/mol. The van der Waals surface area contributed by atoms with Gasteiger partial charge in [-0.2, -0.15) is 0 Å². The first-order valence-electron chi connectivity index (χ1n) is 12.8. The van der Waals surface area contributed by atoms with E-state index in [4.69, 9.17) is 9.47 Å². The number of pyridine rings is 1. The molecule has 4 bridgehead atoms. The fourth-order valence-corrected chi connectivity index (χ4v) is 5.18. The van der Waals surface area contributed by atoms with E-state index in [1.165, 1.54) is 5.56 Å². The third-order valence-electron chi connectivity index (χ3n) is 6.67. The summed E-state index contributed by atoms with van der Waals surface area (Å²) in [5.41, 5.74) is 3.13. The number of hydrogen-bond acceptors (Lipinski definition) is 6. The molecule has 7 nitrogen and oxygen atoms in total. The van der Waals surface area contributed by atoms with Gasteiger partial charge in [-0.05, 0) is 56.0 Å². The number of rotatable bonds is 10. The Balaban J connectivity index is 1.80. The minimum Gasteiger partial charge on any atom is -0.415 e. The zero-order chi connectivity index (χ0) is 26.0. The molecule has 4 rings (SSSR count). The molecule has 1 aliphatic rings. The maximum atomic E-state index is 13.9. The zero-order valence-electron chi connectivity index (χ0n) is 21.7.